The number of nitrogens with zero attached hydrogens (tertiary/aromatic N) is 2. The first-order valence-corrected chi connectivity index (χ1v) is 6.38. The van der Waals surface area contributed by atoms with Crippen molar-refractivity contribution in [3.8, 4) is 0 Å². The van der Waals surface area contributed by atoms with Gasteiger partial charge in [-0.15, -0.1) is 5.10 Å². The summed E-state index contributed by atoms with van der Waals surface area (Å²) >= 11 is 13.1. The number of carbonyl (C=O) groups is 1. The Bertz CT molecular complexity index is 516. The average molecular weight is 288 g/mol. The molecule has 0 spiro atoms. The summed E-state index contributed by atoms with van der Waals surface area (Å²) in [5.74, 6) is 0.316. The molecule has 1 amide bonds. The lowest BCUT2D eigenvalue weighted by atomic mass is 10.2. The molecular formula is C10H7Cl2N3OS. The van der Waals surface area contributed by atoms with Crippen LogP contribution in [0.2, 0.25) is 10.0 Å². The highest BCUT2D eigenvalue weighted by Gasteiger charge is 2.15. The highest BCUT2D eigenvalue weighted by atomic mass is 35.5. The van der Waals surface area contributed by atoms with E-state index in [-0.39, 0.29) is 5.91 Å². The number of amides is 1. The molecule has 1 heterocycles. The Kier molecular flexibility index (Phi) is 4.04. The van der Waals surface area contributed by atoms with Gasteiger partial charge >= 0.3 is 0 Å². The third-order valence-electron chi connectivity index (χ3n) is 1.91. The highest BCUT2D eigenvalue weighted by Crippen LogP contribution is 2.24. The summed E-state index contributed by atoms with van der Waals surface area (Å²) in [6, 6.07) is 5.24. The van der Waals surface area contributed by atoms with Gasteiger partial charge in [-0.3, -0.25) is 4.79 Å². The van der Waals surface area contributed by atoms with E-state index in [4.69, 9.17) is 23.2 Å². The number of amidine groups is 1. The van der Waals surface area contributed by atoms with Crippen LogP contribution in [0.1, 0.15) is 5.56 Å². The van der Waals surface area contributed by atoms with Crippen molar-refractivity contribution in [1.82, 2.24) is 5.32 Å². The van der Waals surface area contributed by atoms with Gasteiger partial charge < -0.3 is 5.32 Å². The van der Waals surface area contributed by atoms with Crippen LogP contribution in [0, 0.1) is 0 Å². The lowest BCUT2D eigenvalue weighted by molar-refractivity contribution is -0.116. The molecule has 1 aliphatic rings. The summed E-state index contributed by atoms with van der Waals surface area (Å²) in [6.45, 7) is 0. The van der Waals surface area contributed by atoms with Crippen molar-refractivity contribution in [1.29, 1.82) is 0 Å². The van der Waals surface area contributed by atoms with Crippen LogP contribution in [0.3, 0.4) is 0 Å². The molecule has 0 saturated carbocycles. The summed E-state index contributed by atoms with van der Waals surface area (Å²) < 4.78 is 0. The Labute approximate surface area is 112 Å². The number of hydrogen-bond donors (Lipinski definition) is 1. The third kappa shape index (κ3) is 3.21. The van der Waals surface area contributed by atoms with Crippen molar-refractivity contribution in [2.24, 2.45) is 10.2 Å². The van der Waals surface area contributed by atoms with Crippen LogP contribution in [0.25, 0.3) is 0 Å². The molecule has 0 aromatic heterocycles. The van der Waals surface area contributed by atoms with Gasteiger partial charge in [-0.05, 0) is 6.07 Å². The molecule has 1 fully saturated rings. The number of benzene rings is 1. The molecule has 1 aromatic carbocycles. The molecule has 7 heteroatoms. The van der Waals surface area contributed by atoms with Gasteiger partial charge in [0.05, 0.1) is 22.0 Å². The number of rotatable bonds is 2. The smallest absolute Gasteiger partial charge is 0.236 e. The van der Waals surface area contributed by atoms with E-state index in [0.29, 0.717) is 26.5 Å². The van der Waals surface area contributed by atoms with Crippen molar-refractivity contribution < 1.29 is 4.79 Å². The van der Waals surface area contributed by atoms with E-state index in [0.717, 1.165) is 0 Å². The lowest BCUT2D eigenvalue weighted by Crippen LogP contribution is -2.19. The topological polar surface area (TPSA) is 53.8 Å². The van der Waals surface area contributed by atoms with Crippen LogP contribution in [0.5, 0.6) is 0 Å². The van der Waals surface area contributed by atoms with Crippen molar-refractivity contribution in [2.75, 3.05) is 5.75 Å². The van der Waals surface area contributed by atoms with Gasteiger partial charge in [0.15, 0.2) is 5.17 Å². The van der Waals surface area contributed by atoms with Crippen LogP contribution in [-0.2, 0) is 4.79 Å². The average Bonchev–Trinajstić information content (AvgIpc) is 2.70. The summed E-state index contributed by atoms with van der Waals surface area (Å²) in [7, 11) is 0. The zero-order valence-corrected chi connectivity index (χ0v) is 10.8. The second kappa shape index (κ2) is 5.53. The molecule has 1 aliphatic heterocycles. The van der Waals surface area contributed by atoms with Crippen LogP contribution in [0.4, 0.5) is 0 Å². The molecule has 2 rings (SSSR count). The molecule has 0 aliphatic carbocycles. The molecule has 0 bridgehead atoms. The fraction of sp³-hybridized carbons (Fsp3) is 0.100. The van der Waals surface area contributed by atoms with Crippen LogP contribution < -0.4 is 5.32 Å². The predicted molar refractivity (Wildman–Crippen MR) is 72.1 cm³/mol. The minimum absolute atomic E-state index is 0.0651. The standard InChI is InChI=1S/C10H7Cl2N3OS/c11-7-3-1-2-6(9(7)12)4-13-15-10-14-8(16)5-17-10/h1-4H,5H2,(H,14,15,16)/b13-4+. The van der Waals surface area contributed by atoms with E-state index in [1.165, 1.54) is 18.0 Å². The molecule has 0 atom stereocenters. The Morgan fingerprint density at radius 3 is 2.94 bits per heavy atom. The fourth-order valence-electron chi connectivity index (χ4n) is 1.14. The monoisotopic (exact) mass is 287 g/mol. The molecule has 17 heavy (non-hydrogen) atoms. The molecular weight excluding hydrogens is 281 g/mol. The minimum atomic E-state index is -0.0651. The van der Waals surface area contributed by atoms with E-state index < -0.39 is 0 Å². The second-order valence-electron chi connectivity index (χ2n) is 3.13. The van der Waals surface area contributed by atoms with Crippen molar-refractivity contribution in [2.45, 2.75) is 0 Å². The number of halogens is 2. The van der Waals surface area contributed by atoms with Crippen LogP contribution in [-0.4, -0.2) is 23.0 Å². The largest absolute Gasteiger partial charge is 0.303 e. The van der Waals surface area contributed by atoms with Gasteiger partial charge in [0.1, 0.15) is 0 Å². The third-order valence-corrected chi connectivity index (χ3v) is 3.61. The summed E-state index contributed by atoms with van der Waals surface area (Å²) in [6.07, 6.45) is 1.49. The maximum absolute atomic E-state index is 10.9. The number of nitrogens with one attached hydrogen (secondary N) is 1. The van der Waals surface area contributed by atoms with Gasteiger partial charge in [-0.1, -0.05) is 47.1 Å². The van der Waals surface area contributed by atoms with Gasteiger partial charge in [-0.2, -0.15) is 5.10 Å². The Morgan fingerprint density at radius 1 is 1.41 bits per heavy atom. The first-order chi connectivity index (χ1) is 8.16. The maximum Gasteiger partial charge on any atom is 0.236 e. The Hall–Kier alpha value is -1.04. The zero-order chi connectivity index (χ0) is 12.3. The molecule has 1 N–H and O–H groups in total. The van der Waals surface area contributed by atoms with E-state index >= 15 is 0 Å². The Morgan fingerprint density at radius 2 is 2.24 bits per heavy atom. The van der Waals surface area contributed by atoms with E-state index in [1.54, 1.807) is 18.2 Å². The number of thioether (sulfide) groups is 1. The van der Waals surface area contributed by atoms with E-state index in [2.05, 4.69) is 15.5 Å². The Balaban J connectivity index is 2.11. The first-order valence-electron chi connectivity index (χ1n) is 4.64. The van der Waals surface area contributed by atoms with Crippen molar-refractivity contribution >= 4 is 52.3 Å². The molecule has 88 valence electrons. The summed E-state index contributed by atoms with van der Waals surface area (Å²) in [5, 5.41) is 11.7. The second-order valence-corrected chi connectivity index (χ2v) is 4.88. The van der Waals surface area contributed by atoms with Gasteiger partial charge in [-0.25, -0.2) is 0 Å². The zero-order valence-electron chi connectivity index (χ0n) is 8.48. The number of carbonyl (C=O) groups excluding carboxylic acids is 1. The normalized spacial score (nSPS) is 18.0. The fourth-order valence-corrected chi connectivity index (χ4v) is 2.13. The summed E-state index contributed by atoms with van der Waals surface area (Å²) in [4.78, 5) is 10.9. The van der Waals surface area contributed by atoms with Crippen molar-refractivity contribution in [3.05, 3.63) is 33.8 Å². The minimum Gasteiger partial charge on any atom is -0.303 e. The van der Waals surface area contributed by atoms with Crippen molar-refractivity contribution in [3.63, 3.8) is 0 Å². The van der Waals surface area contributed by atoms with Crippen LogP contribution in [0.15, 0.2) is 28.4 Å². The molecule has 0 unspecified atom stereocenters. The highest BCUT2D eigenvalue weighted by molar-refractivity contribution is 8.15. The first kappa shape index (κ1) is 12.4. The molecule has 1 aromatic rings. The van der Waals surface area contributed by atoms with Gasteiger partial charge in [0.2, 0.25) is 5.91 Å². The predicted octanol–water partition coefficient (Wildman–Crippen LogP) is 2.55. The van der Waals surface area contributed by atoms with Crippen LogP contribution >= 0.6 is 35.0 Å². The summed E-state index contributed by atoms with van der Waals surface area (Å²) in [5.41, 5.74) is 0.679. The van der Waals surface area contributed by atoms with Gasteiger partial charge in [0, 0.05) is 5.56 Å². The molecule has 4 nitrogen and oxygen atoms in total. The molecule has 1 saturated heterocycles. The number of hydrogen-bond acceptors (Lipinski definition) is 4. The molecule has 0 radical (unpaired) electrons. The SMILES string of the molecule is O=C1CS/C(=N/N=C/c2cccc(Cl)c2Cl)N1. The lowest BCUT2D eigenvalue weighted by Gasteiger charge is -1.98. The van der Waals surface area contributed by atoms with Gasteiger partial charge in [0.25, 0.3) is 0 Å². The quantitative estimate of drug-likeness (QED) is 0.671. The van der Waals surface area contributed by atoms with E-state index in [9.17, 15) is 4.79 Å². The maximum atomic E-state index is 10.9. The van der Waals surface area contributed by atoms with E-state index in [1.807, 2.05) is 0 Å².